The van der Waals surface area contributed by atoms with Crippen molar-refractivity contribution in [2.75, 3.05) is 6.61 Å². The third-order valence-corrected chi connectivity index (χ3v) is 7.63. The number of aliphatic hydroxyl groups is 1. The van der Waals surface area contributed by atoms with Gasteiger partial charge in [0.25, 0.3) is 0 Å². The molecular formula is C33H30ClN3O6. The van der Waals surface area contributed by atoms with Crippen LogP contribution < -0.4 is 14.8 Å². The Hall–Kier alpha value is -4.62. The Morgan fingerprint density at radius 2 is 1.93 bits per heavy atom. The number of aliphatic hydroxyl groups excluding tert-OH is 1. The molecule has 220 valence electrons. The molecule has 10 heteroatoms. The number of hydrogen-bond donors (Lipinski definition) is 4. The van der Waals surface area contributed by atoms with Gasteiger partial charge in [-0.3, -0.25) is 9.78 Å². The largest absolute Gasteiger partial charge is 0.507 e. The molecule has 5 rings (SSSR count). The maximum absolute atomic E-state index is 11.2. The van der Waals surface area contributed by atoms with Crippen LogP contribution in [0.1, 0.15) is 46.8 Å². The number of nitrogens with one attached hydrogen (secondary N) is 1. The summed E-state index contributed by atoms with van der Waals surface area (Å²) in [7, 11) is 0. The van der Waals surface area contributed by atoms with Crippen molar-refractivity contribution >= 4 is 17.6 Å². The van der Waals surface area contributed by atoms with E-state index in [0.29, 0.717) is 33.2 Å². The highest BCUT2D eigenvalue weighted by Crippen LogP contribution is 2.44. The van der Waals surface area contributed by atoms with E-state index >= 15 is 0 Å². The van der Waals surface area contributed by atoms with Crippen LogP contribution in [0.4, 0.5) is 0 Å². The Labute approximate surface area is 253 Å². The van der Waals surface area contributed by atoms with Crippen LogP contribution in [0.25, 0.3) is 11.1 Å². The number of rotatable bonds is 12. The van der Waals surface area contributed by atoms with Crippen molar-refractivity contribution in [1.29, 1.82) is 5.26 Å². The maximum Gasteiger partial charge on any atom is 0.305 e. The van der Waals surface area contributed by atoms with Crippen molar-refractivity contribution in [1.82, 2.24) is 10.3 Å². The van der Waals surface area contributed by atoms with E-state index in [1.807, 2.05) is 30.3 Å². The number of aromatic hydroxyl groups is 1. The molecule has 1 aliphatic carbocycles. The number of hydrogen-bond acceptors (Lipinski definition) is 8. The van der Waals surface area contributed by atoms with Crippen LogP contribution in [-0.2, 0) is 24.4 Å². The fourth-order valence-corrected chi connectivity index (χ4v) is 5.47. The van der Waals surface area contributed by atoms with E-state index in [1.165, 1.54) is 6.20 Å². The van der Waals surface area contributed by atoms with Gasteiger partial charge in [-0.2, -0.15) is 5.26 Å². The number of carboxylic acid groups (broad SMARTS) is 1. The second-order valence-corrected chi connectivity index (χ2v) is 10.7. The molecule has 1 heterocycles. The zero-order valence-corrected chi connectivity index (χ0v) is 23.9. The number of benzene rings is 3. The van der Waals surface area contributed by atoms with Crippen LogP contribution in [0, 0.1) is 11.3 Å². The molecule has 0 fully saturated rings. The molecule has 0 aliphatic heterocycles. The van der Waals surface area contributed by atoms with Gasteiger partial charge >= 0.3 is 5.97 Å². The van der Waals surface area contributed by atoms with Gasteiger partial charge in [-0.05, 0) is 47.7 Å². The molecule has 0 bridgehead atoms. The molecule has 9 nitrogen and oxygen atoms in total. The molecule has 0 amide bonds. The van der Waals surface area contributed by atoms with Gasteiger partial charge in [0.1, 0.15) is 36.0 Å². The fourth-order valence-electron chi connectivity index (χ4n) is 5.24. The van der Waals surface area contributed by atoms with E-state index in [4.69, 9.17) is 26.2 Å². The van der Waals surface area contributed by atoms with Gasteiger partial charge < -0.3 is 30.1 Å². The van der Waals surface area contributed by atoms with Gasteiger partial charge in [0.15, 0.2) is 0 Å². The molecule has 43 heavy (non-hydrogen) atoms. The number of aliphatic carboxylic acids is 1. The minimum Gasteiger partial charge on any atom is -0.507 e. The molecule has 0 unspecified atom stereocenters. The van der Waals surface area contributed by atoms with Crippen molar-refractivity contribution in [2.45, 2.75) is 44.6 Å². The average molecular weight is 600 g/mol. The van der Waals surface area contributed by atoms with Crippen molar-refractivity contribution in [3.8, 4) is 34.4 Å². The number of carboxylic acids is 1. The van der Waals surface area contributed by atoms with Crippen molar-refractivity contribution in [3.05, 3.63) is 106 Å². The van der Waals surface area contributed by atoms with E-state index < -0.39 is 12.0 Å². The summed E-state index contributed by atoms with van der Waals surface area (Å²) in [4.78, 5) is 15.3. The lowest BCUT2D eigenvalue weighted by atomic mass is 9.96. The number of phenols is 1. The smallest absolute Gasteiger partial charge is 0.305 e. The van der Waals surface area contributed by atoms with Crippen LogP contribution >= 0.6 is 11.6 Å². The summed E-state index contributed by atoms with van der Waals surface area (Å²) in [5, 5.41) is 41.8. The molecule has 3 aromatic carbocycles. The summed E-state index contributed by atoms with van der Waals surface area (Å²) in [5.74, 6) is 0.0515. The van der Waals surface area contributed by atoms with Crippen LogP contribution in [0.2, 0.25) is 5.02 Å². The number of aromatic nitrogens is 1. The Morgan fingerprint density at radius 1 is 1.12 bits per heavy atom. The molecule has 4 N–H and O–H groups in total. The second-order valence-electron chi connectivity index (χ2n) is 10.3. The predicted octanol–water partition coefficient (Wildman–Crippen LogP) is 5.55. The number of phenolic OH excluding ortho intramolecular Hbond substituents is 1. The second kappa shape index (κ2) is 13.6. The lowest BCUT2D eigenvalue weighted by Crippen LogP contribution is -2.34. The molecule has 4 aromatic rings. The normalized spacial score (nSPS) is 14.5. The fraction of sp³-hybridized carbons (Fsp3) is 0.242. The monoisotopic (exact) mass is 599 g/mol. The lowest BCUT2D eigenvalue weighted by Gasteiger charge is -2.21. The molecule has 0 spiro atoms. The molecule has 0 saturated carbocycles. The first-order chi connectivity index (χ1) is 20.9. The highest BCUT2D eigenvalue weighted by Gasteiger charge is 2.28. The molecule has 0 saturated heterocycles. The first-order valence-corrected chi connectivity index (χ1v) is 14.2. The highest BCUT2D eigenvalue weighted by atomic mass is 35.5. The van der Waals surface area contributed by atoms with Crippen molar-refractivity contribution in [3.63, 3.8) is 0 Å². The summed E-state index contributed by atoms with van der Waals surface area (Å²) in [6.07, 6.45) is 4.03. The quantitative estimate of drug-likeness (QED) is 0.165. The van der Waals surface area contributed by atoms with Crippen LogP contribution in [0.3, 0.4) is 0 Å². The summed E-state index contributed by atoms with van der Waals surface area (Å²) >= 11 is 6.71. The molecular weight excluding hydrogens is 570 g/mol. The molecule has 0 radical (unpaired) electrons. The van der Waals surface area contributed by atoms with Crippen LogP contribution in [0.5, 0.6) is 17.2 Å². The standard InChI is InChI=1S/C33H30ClN3O6/c34-28-11-22(17-37-23(18-38)12-33(40)41)31(42-19-21-10-20(14-35)15-36-16-21)13-32(28)43-30-9-8-25-24(5-3-6-27(25)30)26-4-1-2-7-29(26)39/h1-7,10-11,13,15-16,23,30,37-39H,8-9,12,17-19H2,(H,40,41)/t23-,30+/m1/s1. The first kappa shape index (κ1) is 29.9. The topological polar surface area (TPSA) is 145 Å². The summed E-state index contributed by atoms with van der Waals surface area (Å²) in [6.45, 7) is -0.0558. The number of nitriles is 1. The number of nitrogens with zero attached hydrogens (tertiary/aromatic N) is 2. The summed E-state index contributed by atoms with van der Waals surface area (Å²) < 4.78 is 12.6. The lowest BCUT2D eigenvalue weighted by molar-refractivity contribution is -0.137. The minimum atomic E-state index is -1.03. The average Bonchev–Trinajstić information content (AvgIpc) is 3.42. The molecule has 1 aromatic heterocycles. The summed E-state index contributed by atoms with van der Waals surface area (Å²) in [6, 6.07) is 19.7. The van der Waals surface area contributed by atoms with Gasteiger partial charge in [0.05, 0.1) is 23.6 Å². The van der Waals surface area contributed by atoms with Gasteiger partial charge in [0, 0.05) is 47.7 Å². The van der Waals surface area contributed by atoms with E-state index in [-0.39, 0.29) is 38.0 Å². The Balaban J connectivity index is 1.42. The third-order valence-electron chi connectivity index (χ3n) is 7.34. The van der Waals surface area contributed by atoms with Crippen molar-refractivity contribution < 1.29 is 29.6 Å². The Kier molecular flexibility index (Phi) is 9.42. The Morgan fingerprint density at radius 3 is 2.70 bits per heavy atom. The third kappa shape index (κ3) is 7.07. The SMILES string of the molecule is N#Cc1cncc(COc2cc(O[C@H]3CCc4c(-c5ccccc5O)cccc43)c(Cl)cc2CN[C@@H](CO)CC(=O)O)c1. The maximum atomic E-state index is 11.2. The van der Waals surface area contributed by atoms with Crippen LogP contribution in [-0.4, -0.2) is 38.9 Å². The summed E-state index contributed by atoms with van der Waals surface area (Å²) in [5.41, 5.74) is 5.60. The number of ether oxygens (including phenoxy) is 2. The van der Waals surface area contributed by atoms with Gasteiger partial charge in [-0.25, -0.2) is 0 Å². The van der Waals surface area contributed by atoms with Crippen molar-refractivity contribution in [2.24, 2.45) is 0 Å². The van der Waals surface area contributed by atoms with Gasteiger partial charge in [0.2, 0.25) is 0 Å². The van der Waals surface area contributed by atoms with E-state index in [9.17, 15) is 20.3 Å². The van der Waals surface area contributed by atoms with Crippen LogP contribution in [0.15, 0.2) is 73.1 Å². The molecule has 1 aliphatic rings. The zero-order valence-electron chi connectivity index (χ0n) is 23.2. The number of pyridine rings is 1. The Bertz CT molecular complexity index is 1670. The number of para-hydroxylation sites is 1. The van der Waals surface area contributed by atoms with E-state index in [2.05, 4.69) is 16.4 Å². The number of fused-ring (bicyclic) bond motifs is 1. The predicted molar refractivity (Wildman–Crippen MR) is 160 cm³/mol. The molecule has 2 atom stereocenters. The van der Waals surface area contributed by atoms with Gasteiger partial charge in [-0.1, -0.05) is 48.0 Å². The number of halogens is 1. The van der Waals surface area contributed by atoms with E-state index in [1.54, 1.807) is 36.5 Å². The number of carbonyl (C=O) groups is 1. The minimum absolute atomic E-state index is 0.116. The van der Waals surface area contributed by atoms with Gasteiger partial charge in [-0.15, -0.1) is 0 Å². The highest BCUT2D eigenvalue weighted by molar-refractivity contribution is 6.32. The zero-order chi connectivity index (χ0) is 30.3. The van der Waals surface area contributed by atoms with E-state index in [0.717, 1.165) is 35.1 Å². The first-order valence-electron chi connectivity index (χ1n) is 13.8.